The fourth-order valence-electron chi connectivity index (χ4n) is 3.55. The van der Waals surface area contributed by atoms with Crippen LogP contribution in [0, 0.1) is 0 Å². The molecule has 0 saturated heterocycles. The smallest absolute Gasteiger partial charge is 0.260 e. The van der Waals surface area contributed by atoms with Gasteiger partial charge in [-0.2, -0.15) is 0 Å². The third kappa shape index (κ3) is 7.08. The van der Waals surface area contributed by atoms with Gasteiger partial charge in [-0.05, 0) is 62.8 Å². The molecule has 1 amide bonds. The van der Waals surface area contributed by atoms with Gasteiger partial charge in [-0.15, -0.1) is 12.4 Å². The van der Waals surface area contributed by atoms with E-state index in [4.69, 9.17) is 14.5 Å². The van der Waals surface area contributed by atoms with E-state index in [1.54, 1.807) is 4.90 Å². The number of ether oxygens (including phenoxy) is 2. The van der Waals surface area contributed by atoms with Gasteiger partial charge in [0, 0.05) is 18.7 Å². The Kier molecular flexibility index (Phi) is 11.6. The van der Waals surface area contributed by atoms with Crippen LogP contribution >= 0.6 is 23.7 Å². The molecule has 0 radical (unpaired) electrons. The summed E-state index contributed by atoms with van der Waals surface area (Å²) in [6, 6.07) is 13.3. The van der Waals surface area contributed by atoms with Crippen LogP contribution in [0.5, 0.6) is 11.5 Å². The molecule has 0 saturated carbocycles. The van der Waals surface area contributed by atoms with E-state index in [9.17, 15) is 4.79 Å². The Labute approximate surface area is 213 Å². The van der Waals surface area contributed by atoms with Gasteiger partial charge in [0.25, 0.3) is 5.91 Å². The normalized spacial score (nSPS) is 10.9. The first kappa shape index (κ1) is 27.9. The number of thiazole rings is 1. The molecule has 1 heterocycles. The van der Waals surface area contributed by atoms with Gasteiger partial charge in [-0.25, -0.2) is 4.98 Å². The molecule has 8 heteroatoms. The minimum Gasteiger partial charge on any atom is -0.494 e. The lowest BCUT2D eigenvalue weighted by Gasteiger charge is -2.24. The molecule has 3 rings (SSSR count). The number of para-hydroxylation sites is 1. The number of hydrogen-bond acceptors (Lipinski definition) is 6. The Bertz CT molecular complexity index is 1020. The number of carbonyl (C=O) groups is 1. The van der Waals surface area contributed by atoms with Gasteiger partial charge in [0.05, 0.1) is 17.9 Å². The highest BCUT2D eigenvalue weighted by Crippen LogP contribution is 2.35. The maximum atomic E-state index is 13.6. The second-order valence-corrected chi connectivity index (χ2v) is 8.75. The lowest BCUT2D eigenvalue weighted by molar-refractivity contribution is 0.0983. The first-order valence-electron chi connectivity index (χ1n) is 11.9. The molecule has 0 fully saturated rings. The SMILES string of the molecule is CCCCOc1ccc(C(=O)N(CCN(CC)CC)c2nc3c(OCC)cccc3s2)cc1.Cl. The van der Waals surface area contributed by atoms with Crippen LogP contribution < -0.4 is 14.4 Å². The lowest BCUT2D eigenvalue weighted by Crippen LogP contribution is -2.38. The summed E-state index contributed by atoms with van der Waals surface area (Å²) in [7, 11) is 0. The Morgan fingerprint density at radius 3 is 2.35 bits per heavy atom. The summed E-state index contributed by atoms with van der Waals surface area (Å²) in [4.78, 5) is 22.5. The van der Waals surface area contributed by atoms with Crippen molar-refractivity contribution < 1.29 is 14.3 Å². The molecule has 6 nitrogen and oxygen atoms in total. The Balaban J connectivity index is 0.00000408. The van der Waals surface area contributed by atoms with Crippen molar-refractivity contribution >= 4 is 45.0 Å². The largest absolute Gasteiger partial charge is 0.494 e. The molecule has 0 bridgehead atoms. The predicted octanol–water partition coefficient (Wildman–Crippen LogP) is 6.28. The van der Waals surface area contributed by atoms with E-state index in [0.717, 1.165) is 54.2 Å². The number of nitrogens with zero attached hydrogens (tertiary/aromatic N) is 3. The number of anilines is 1. The molecular weight excluding hydrogens is 470 g/mol. The van der Waals surface area contributed by atoms with Crippen molar-refractivity contribution in [1.29, 1.82) is 0 Å². The Hall–Kier alpha value is -2.35. The first-order valence-corrected chi connectivity index (χ1v) is 12.7. The van der Waals surface area contributed by atoms with Gasteiger partial charge in [0.1, 0.15) is 17.0 Å². The van der Waals surface area contributed by atoms with E-state index in [0.29, 0.717) is 30.5 Å². The van der Waals surface area contributed by atoms with E-state index >= 15 is 0 Å². The number of carbonyl (C=O) groups excluding carboxylic acids is 1. The topological polar surface area (TPSA) is 54.9 Å². The molecule has 0 aliphatic carbocycles. The number of hydrogen-bond donors (Lipinski definition) is 0. The maximum absolute atomic E-state index is 13.6. The molecule has 186 valence electrons. The van der Waals surface area contributed by atoms with Crippen LogP contribution in [0.25, 0.3) is 10.2 Å². The van der Waals surface area contributed by atoms with Crippen LogP contribution in [0.3, 0.4) is 0 Å². The zero-order valence-electron chi connectivity index (χ0n) is 20.6. The average Bonchev–Trinajstić information content (AvgIpc) is 3.27. The monoisotopic (exact) mass is 505 g/mol. The molecule has 3 aromatic rings. The molecule has 34 heavy (non-hydrogen) atoms. The second-order valence-electron chi connectivity index (χ2n) is 7.74. The number of aromatic nitrogens is 1. The van der Waals surface area contributed by atoms with Crippen molar-refractivity contribution in [3.63, 3.8) is 0 Å². The van der Waals surface area contributed by atoms with Crippen LogP contribution in [-0.2, 0) is 0 Å². The number of halogens is 1. The van der Waals surface area contributed by atoms with Gasteiger partial charge in [0.15, 0.2) is 5.13 Å². The molecule has 2 aromatic carbocycles. The van der Waals surface area contributed by atoms with E-state index < -0.39 is 0 Å². The second kappa shape index (κ2) is 14.1. The quantitative estimate of drug-likeness (QED) is 0.256. The summed E-state index contributed by atoms with van der Waals surface area (Å²) in [6.07, 6.45) is 2.10. The predicted molar refractivity (Wildman–Crippen MR) is 144 cm³/mol. The van der Waals surface area contributed by atoms with Crippen molar-refractivity contribution in [2.75, 3.05) is 44.3 Å². The Morgan fingerprint density at radius 2 is 1.71 bits per heavy atom. The van der Waals surface area contributed by atoms with Crippen molar-refractivity contribution in [2.45, 2.75) is 40.5 Å². The number of amides is 1. The number of fused-ring (bicyclic) bond motifs is 1. The fourth-order valence-corrected chi connectivity index (χ4v) is 4.56. The van der Waals surface area contributed by atoms with Crippen molar-refractivity contribution in [2.24, 2.45) is 0 Å². The van der Waals surface area contributed by atoms with Gasteiger partial charge in [0.2, 0.25) is 0 Å². The van der Waals surface area contributed by atoms with Gasteiger partial charge < -0.3 is 14.4 Å². The van der Waals surface area contributed by atoms with Crippen molar-refractivity contribution in [3.8, 4) is 11.5 Å². The van der Waals surface area contributed by atoms with E-state index in [1.807, 2.05) is 49.4 Å². The molecule has 0 N–H and O–H groups in total. The highest BCUT2D eigenvalue weighted by molar-refractivity contribution is 7.22. The molecule has 0 atom stereocenters. The highest BCUT2D eigenvalue weighted by atomic mass is 35.5. The molecule has 1 aromatic heterocycles. The van der Waals surface area contributed by atoms with Crippen molar-refractivity contribution in [1.82, 2.24) is 9.88 Å². The maximum Gasteiger partial charge on any atom is 0.260 e. The summed E-state index contributed by atoms with van der Waals surface area (Å²) in [5.41, 5.74) is 1.43. The number of rotatable bonds is 13. The summed E-state index contributed by atoms with van der Waals surface area (Å²) in [5, 5.41) is 0.692. The minimum atomic E-state index is -0.0562. The molecule has 0 unspecified atom stereocenters. The average molecular weight is 506 g/mol. The zero-order chi connectivity index (χ0) is 23.6. The fraction of sp³-hybridized carbons (Fsp3) is 0.462. The summed E-state index contributed by atoms with van der Waals surface area (Å²) in [5.74, 6) is 1.48. The van der Waals surface area contributed by atoms with E-state index in [-0.39, 0.29) is 18.3 Å². The number of likely N-dealkylation sites (N-methyl/N-ethyl adjacent to an activating group) is 1. The van der Waals surface area contributed by atoms with Crippen molar-refractivity contribution in [3.05, 3.63) is 48.0 Å². The lowest BCUT2D eigenvalue weighted by atomic mass is 10.2. The van der Waals surface area contributed by atoms with Crippen LogP contribution in [0.15, 0.2) is 42.5 Å². The summed E-state index contributed by atoms with van der Waals surface area (Å²) in [6.45, 7) is 12.9. The van der Waals surface area contributed by atoms with E-state index in [1.165, 1.54) is 11.3 Å². The van der Waals surface area contributed by atoms with E-state index in [2.05, 4.69) is 25.7 Å². The third-order valence-corrected chi connectivity index (χ3v) is 6.59. The van der Waals surface area contributed by atoms with Gasteiger partial charge in [-0.1, -0.05) is 44.6 Å². The third-order valence-electron chi connectivity index (χ3n) is 5.55. The Morgan fingerprint density at radius 1 is 0.971 bits per heavy atom. The first-order chi connectivity index (χ1) is 16.1. The summed E-state index contributed by atoms with van der Waals surface area (Å²) >= 11 is 1.52. The number of benzene rings is 2. The van der Waals surface area contributed by atoms with Crippen LogP contribution in [0.2, 0.25) is 0 Å². The molecule has 0 aliphatic rings. The highest BCUT2D eigenvalue weighted by Gasteiger charge is 2.23. The standard InChI is InChI=1S/C26H35N3O3S.ClH/c1-5-9-19-32-21-15-13-20(14-16-21)25(30)29(18-17-28(6-2)7-3)26-27-24-22(31-8-4)11-10-12-23(24)33-26;/h10-16H,5-9,17-19H2,1-4H3;1H. The van der Waals surface area contributed by atoms with Gasteiger partial charge in [-0.3, -0.25) is 9.69 Å². The molecule has 0 aliphatic heterocycles. The minimum absolute atomic E-state index is 0. The molecular formula is C26H36ClN3O3S. The summed E-state index contributed by atoms with van der Waals surface area (Å²) < 4.78 is 12.5. The number of unbranched alkanes of at least 4 members (excludes halogenated alkanes) is 1. The zero-order valence-corrected chi connectivity index (χ0v) is 22.2. The van der Waals surface area contributed by atoms with Gasteiger partial charge >= 0.3 is 0 Å². The molecule has 0 spiro atoms. The van der Waals surface area contributed by atoms with Crippen LogP contribution in [0.4, 0.5) is 5.13 Å². The van der Waals surface area contributed by atoms with Crippen LogP contribution in [-0.4, -0.2) is 55.2 Å². The van der Waals surface area contributed by atoms with Crippen LogP contribution in [0.1, 0.15) is 50.9 Å².